The highest BCUT2D eigenvalue weighted by Crippen LogP contribution is 2.27. The molecule has 1 N–H and O–H groups in total. The summed E-state index contributed by atoms with van der Waals surface area (Å²) in [6, 6.07) is 8.45. The van der Waals surface area contributed by atoms with E-state index in [-0.39, 0.29) is 22.8 Å². The van der Waals surface area contributed by atoms with Gasteiger partial charge in [0.25, 0.3) is 11.1 Å². The van der Waals surface area contributed by atoms with E-state index in [0.717, 1.165) is 28.9 Å². The van der Waals surface area contributed by atoms with Crippen LogP contribution in [0.15, 0.2) is 52.2 Å². The molecule has 0 bridgehead atoms. The van der Waals surface area contributed by atoms with Crippen molar-refractivity contribution >= 4 is 11.5 Å². The number of benzene rings is 1. The molecule has 0 saturated heterocycles. The first kappa shape index (κ1) is 23.6. The molecule has 0 atom stereocenters. The molecule has 3 heterocycles. The molecule has 0 unspecified atom stereocenters. The summed E-state index contributed by atoms with van der Waals surface area (Å²) in [5.74, 6) is -0.0451. The van der Waals surface area contributed by atoms with Crippen LogP contribution in [0.4, 0.5) is 24.7 Å². The lowest BCUT2D eigenvalue weighted by Gasteiger charge is -2.32. The quantitative estimate of drug-likeness (QED) is 0.610. The summed E-state index contributed by atoms with van der Waals surface area (Å²) < 4.78 is 44.0. The number of pyridine rings is 1. The summed E-state index contributed by atoms with van der Waals surface area (Å²) in [4.78, 5) is 28.1. The Kier molecular flexibility index (Phi) is 6.22. The summed E-state index contributed by atoms with van der Waals surface area (Å²) in [5, 5.41) is 7.53. The number of hydrogen-bond acceptors (Lipinski definition) is 6. The number of nitrogens with one attached hydrogen (secondary N) is 1. The number of ether oxygens (including phenoxy) is 1. The number of hydrogen-bond donors (Lipinski definition) is 1. The molecule has 11 heteroatoms. The van der Waals surface area contributed by atoms with Crippen molar-refractivity contribution in [2.45, 2.75) is 39.2 Å². The van der Waals surface area contributed by atoms with E-state index >= 15 is 0 Å². The molecule has 1 aromatic carbocycles. The molecule has 0 radical (unpaired) electrons. The van der Waals surface area contributed by atoms with E-state index in [1.54, 1.807) is 25.4 Å². The number of halogens is 3. The Morgan fingerprint density at radius 1 is 1.06 bits per heavy atom. The molecule has 0 aliphatic carbocycles. The lowest BCUT2D eigenvalue weighted by Crippen LogP contribution is -2.41. The highest BCUT2D eigenvalue weighted by molar-refractivity contribution is 5.60. The average Bonchev–Trinajstić information content (AvgIpc) is 2.78. The first-order valence-corrected chi connectivity index (χ1v) is 10.7. The van der Waals surface area contributed by atoms with Crippen LogP contribution in [0.2, 0.25) is 0 Å². The fourth-order valence-electron chi connectivity index (χ4n) is 3.90. The van der Waals surface area contributed by atoms with Crippen molar-refractivity contribution in [3.05, 3.63) is 74.4 Å². The van der Waals surface area contributed by atoms with Gasteiger partial charge in [0.15, 0.2) is 5.82 Å². The third-order valence-electron chi connectivity index (χ3n) is 5.73. The van der Waals surface area contributed by atoms with Gasteiger partial charge in [0.1, 0.15) is 11.4 Å². The standard InChI is InChI=1S/C23H24F3N5O3/c1-14(2)30-12-10-17-18(13-30)21(32)31(15-6-8-16(9-7-15)34-23(24,25)26)28-20(17)27-19-5-4-11-29(3)22(19)33/h4-9,11,14H,10,12-13H2,1-3H3,(H,27,28). The van der Waals surface area contributed by atoms with Gasteiger partial charge < -0.3 is 14.6 Å². The SMILES string of the molecule is CC(C)N1CCc2c(Nc3cccn(C)c3=O)nn(-c3ccc(OC(F)(F)F)cc3)c(=O)c2C1. The van der Waals surface area contributed by atoms with Crippen LogP contribution in [0.25, 0.3) is 5.69 Å². The minimum Gasteiger partial charge on any atom is -0.406 e. The smallest absolute Gasteiger partial charge is 0.406 e. The number of aryl methyl sites for hydroxylation is 1. The van der Waals surface area contributed by atoms with Crippen molar-refractivity contribution in [1.29, 1.82) is 0 Å². The molecule has 34 heavy (non-hydrogen) atoms. The number of alkyl halides is 3. The Labute approximate surface area is 193 Å². The van der Waals surface area contributed by atoms with Gasteiger partial charge in [-0.1, -0.05) is 0 Å². The fraction of sp³-hybridized carbons (Fsp3) is 0.348. The molecule has 0 spiro atoms. The number of rotatable bonds is 5. The van der Waals surface area contributed by atoms with E-state index in [2.05, 4.69) is 20.1 Å². The maximum atomic E-state index is 13.4. The van der Waals surface area contributed by atoms with Gasteiger partial charge in [-0.15, -0.1) is 18.3 Å². The predicted molar refractivity (Wildman–Crippen MR) is 121 cm³/mol. The monoisotopic (exact) mass is 475 g/mol. The number of aromatic nitrogens is 3. The lowest BCUT2D eigenvalue weighted by molar-refractivity contribution is -0.274. The van der Waals surface area contributed by atoms with Crippen LogP contribution in [0.5, 0.6) is 5.75 Å². The van der Waals surface area contributed by atoms with E-state index in [0.29, 0.717) is 30.0 Å². The topological polar surface area (TPSA) is 81.4 Å². The Morgan fingerprint density at radius 3 is 2.41 bits per heavy atom. The zero-order valence-electron chi connectivity index (χ0n) is 18.9. The Bertz CT molecular complexity index is 1310. The third-order valence-corrected chi connectivity index (χ3v) is 5.73. The van der Waals surface area contributed by atoms with Crippen molar-refractivity contribution < 1.29 is 17.9 Å². The molecule has 1 aliphatic rings. The Balaban J connectivity index is 1.81. The Morgan fingerprint density at radius 2 is 1.76 bits per heavy atom. The number of nitrogens with zero attached hydrogens (tertiary/aromatic N) is 4. The lowest BCUT2D eigenvalue weighted by atomic mass is 10.0. The Hall–Kier alpha value is -3.60. The molecule has 3 aromatic rings. The predicted octanol–water partition coefficient (Wildman–Crippen LogP) is 3.34. The van der Waals surface area contributed by atoms with Crippen molar-refractivity contribution in [3.63, 3.8) is 0 Å². The number of anilines is 2. The maximum Gasteiger partial charge on any atom is 0.573 e. The molecule has 4 rings (SSSR count). The summed E-state index contributed by atoms with van der Waals surface area (Å²) in [6.07, 6.45) is -2.63. The largest absolute Gasteiger partial charge is 0.573 e. The summed E-state index contributed by atoms with van der Waals surface area (Å²) in [5.41, 5.74) is 1.19. The minimum atomic E-state index is -4.82. The van der Waals surface area contributed by atoms with Gasteiger partial charge in [-0.2, -0.15) is 4.68 Å². The molecule has 180 valence electrons. The number of fused-ring (bicyclic) bond motifs is 1. The van der Waals surface area contributed by atoms with Crippen LogP contribution in [0.1, 0.15) is 25.0 Å². The summed E-state index contributed by atoms with van der Waals surface area (Å²) >= 11 is 0. The molecule has 8 nitrogen and oxygen atoms in total. The molecule has 2 aromatic heterocycles. The highest BCUT2D eigenvalue weighted by Gasteiger charge is 2.31. The van der Waals surface area contributed by atoms with Gasteiger partial charge in [0, 0.05) is 43.5 Å². The van der Waals surface area contributed by atoms with Crippen molar-refractivity contribution in [2.75, 3.05) is 11.9 Å². The molecule has 1 aliphatic heterocycles. The van der Waals surface area contributed by atoms with Crippen LogP contribution in [0.3, 0.4) is 0 Å². The second-order valence-electron chi connectivity index (χ2n) is 8.34. The third kappa shape index (κ3) is 4.84. The van der Waals surface area contributed by atoms with Crippen LogP contribution >= 0.6 is 0 Å². The highest BCUT2D eigenvalue weighted by atomic mass is 19.4. The van der Waals surface area contributed by atoms with Gasteiger partial charge in [0.05, 0.1) is 5.69 Å². The molecular formula is C23H24F3N5O3. The minimum absolute atomic E-state index is 0.214. The summed E-state index contributed by atoms with van der Waals surface area (Å²) in [7, 11) is 1.63. The molecular weight excluding hydrogens is 451 g/mol. The molecule has 0 saturated carbocycles. The van der Waals surface area contributed by atoms with Crippen LogP contribution < -0.4 is 21.2 Å². The first-order valence-electron chi connectivity index (χ1n) is 10.7. The second kappa shape index (κ2) is 8.98. The second-order valence-corrected chi connectivity index (χ2v) is 8.34. The van der Waals surface area contributed by atoms with Crippen LogP contribution in [-0.4, -0.2) is 38.2 Å². The van der Waals surface area contributed by atoms with Gasteiger partial charge in [-0.05, 0) is 56.7 Å². The maximum absolute atomic E-state index is 13.4. The van der Waals surface area contributed by atoms with Crippen molar-refractivity contribution in [1.82, 2.24) is 19.2 Å². The fourth-order valence-corrected chi connectivity index (χ4v) is 3.90. The van der Waals surface area contributed by atoms with Crippen LogP contribution in [-0.2, 0) is 20.0 Å². The van der Waals surface area contributed by atoms with Crippen molar-refractivity contribution in [2.24, 2.45) is 7.05 Å². The van der Waals surface area contributed by atoms with E-state index in [4.69, 9.17) is 0 Å². The van der Waals surface area contributed by atoms with E-state index < -0.39 is 12.1 Å². The summed E-state index contributed by atoms with van der Waals surface area (Å²) in [6.45, 7) is 5.19. The normalized spacial score (nSPS) is 14.2. The molecule has 0 fully saturated rings. The zero-order chi connectivity index (χ0) is 24.6. The van der Waals surface area contributed by atoms with Gasteiger partial charge >= 0.3 is 6.36 Å². The van der Waals surface area contributed by atoms with E-state index in [1.807, 2.05) is 13.8 Å². The van der Waals surface area contributed by atoms with Gasteiger partial charge in [0.2, 0.25) is 0 Å². The van der Waals surface area contributed by atoms with Gasteiger partial charge in [-0.25, -0.2) is 0 Å². The first-order chi connectivity index (χ1) is 16.0. The zero-order valence-corrected chi connectivity index (χ0v) is 18.9. The van der Waals surface area contributed by atoms with Crippen LogP contribution in [0, 0.1) is 0 Å². The van der Waals surface area contributed by atoms with Gasteiger partial charge in [-0.3, -0.25) is 14.5 Å². The van der Waals surface area contributed by atoms with Crippen molar-refractivity contribution in [3.8, 4) is 11.4 Å². The van der Waals surface area contributed by atoms with E-state index in [9.17, 15) is 22.8 Å². The van der Waals surface area contributed by atoms with E-state index in [1.165, 1.54) is 16.7 Å². The molecule has 0 amide bonds. The average molecular weight is 475 g/mol.